The van der Waals surface area contributed by atoms with E-state index in [0.717, 1.165) is 37.3 Å². The van der Waals surface area contributed by atoms with Crippen molar-refractivity contribution in [1.82, 2.24) is 14.8 Å². The third-order valence-electron chi connectivity index (χ3n) is 3.42. The highest BCUT2D eigenvalue weighted by atomic mass is 32.1. The predicted molar refractivity (Wildman–Crippen MR) is 90.6 cm³/mol. The maximum absolute atomic E-state index is 9.20. The Labute approximate surface area is 138 Å². The summed E-state index contributed by atoms with van der Waals surface area (Å²) in [5.41, 5.74) is 0. The van der Waals surface area contributed by atoms with E-state index >= 15 is 0 Å². The van der Waals surface area contributed by atoms with Gasteiger partial charge in [0.25, 0.3) is 0 Å². The fraction of sp³-hybridized carbons (Fsp3) is 0.375. The summed E-state index contributed by atoms with van der Waals surface area (Å²) in [5, 5.41) is 17.9. The van der Waals surface area contributed by atoms with Crippen LogP contribution in [0.15, 0.2) is 35.0 Å². The van der Waals surface area contributed by atoms with Gasteiger partial charge in [0, 0.05) is 22.6 Å². The molecule has 3 rings (SSSR count). The van der Waals surface area contributed by atoms with Gasteiger partial charge in [0.1, 0.15) is 5.82 Å². The lowest BCUT2D eigenvalue weighted by molar-refractivity contribution is 0.266. The van der Waals surface area contributed by atoms with Crippen molar-refractivity contribution in [3.8, 4) is 0 Å². The van der Waals surface area contributed by atoms with Crippen molar-refractivity contribution >= 4 is 22.7 Å². The minimum Gasteiger partial charge on any atom is -0.394 e. The molecule has 0 aliphatic carbocycles. The molecule has 0 radical (unpaired) electrons. The first-order valence-corrected chi connectivity index (χ1v) is 9.19. The van der Waals surface area contributed by atoms with Gasteiger partial charge in [-0.2, -0.15) is 5.10 Å². The monoisotopic (exact) mass is 333 g/mol. The molecule has 0 amide bonds. The van der Waals surface area contributed by atoms with Crippen LogP contribution in [-0.2, 0) is 25.8 Å². The zero-order valence-electron chi connectivity index (χ0n) is 12.3. The lowest BCUT2D eigenvalue weighted by atomic mass is 10.2. The minimum atomic E-state index is 0.0970. The highest BCUT2D eigenvalue weighted by molar-refractivity contribution is 7.10. The molecule has 3 heterocycles. The number of nitrogens with zero attached hydrogens (tertiary/aromatic N) is 3. The summed E-state index contributed by atoms with van der Waals surface area (Å²) in [4.78, 5) is 7.35. The zero-order valence-corrected chi connectivity index (χ0v) is 13.9. The van der Waals surface area contributed by atoms with Gasteiger partial charge in [-0.25, -0.2) is 9.67 Å². The van der Waals surface area contributed by atoms with Gasteiger partial charge in [0.15, 0.2) is 5.82 Å². The standard InChI is InChI=1S/C16H19N3OS2/c20-9-8-19-16(7-1-4-13-5-2-10-21-13)17-15(18-19)12-14-6-3-11-22-14/h2-3,5-6,10-11,20H,1,4,7-9,12H2. The van der Waals surface area contributed by atoms with Gasteiger partial charge in [-0.3, -0.25) is 0 Å². The highest BCUT2D eigenvalue weighted by Gasteiger charge is 2.10. The third kappa shape index (κ3) is 4.03. The molecule has 22 heavy (non-hydrogen) atoms. The summed E-state index contributed by atoms with van der Waals surface area (Å²) in [6, 6.07) is 8.42. The maximum atomic E-state index is 9.20. The zero-order chi connectivity index (χ0) is 15.2. The molecule has 4 nitrogen and oxygen atoms in total. The molecule has 116 valence electrons. The first-order valence-electron chi connectivity index (χ1n) is 7.43. The number of hydrogen-bond donors (Lipinski definition) is 1. The molecule has 0 fully saturated rings. The maximum Gasteiger partial charge on any atom is 0.156 e. The summed E-state index contributed by atoms with van der Waals surface area (Å²) in [5.74, 6) is 1.83. The largest absolute Gasteiger partial charge is 0.394 e. The van der Waals surface area contributed by atoms with Gasteiger partial charge in [0.2, 0.25) is 0 Å². The van der Waals surface area contributed by atoms with Crippen molar-refractivity contribution in [3.63, 3.8) is 0 Å². The van der Waals surface area contributed by atoms with E-state index in [2.05, 4.69) is 39.0 Å². The van der Waals surface area contributed by atoms with Crippen molar-refractivity contribution in [2.75, 3.05) is 6.61 Å². The minimum absolute atomic E-state index is 0.0970. The molecule has 0 spiro atoms. The van der Waals surface area contributed by atoms with E-state index in [9.17, 15) is 5.11 Å². The molecular formula is C16H19N3OS2. The molecule has 3 aromatic rings. The molecular weight excluding hydrogens is 314 g/mol. The lowest BCUT2D eigenvalue weighted by Crippen LogP contribution is -2.09. The van der Waals surface area contributed by atoms with Crippen molar-refractivity contribution < 1.29 is 5.11 Å². The molecule has 0 unspecified atom stereocenters. The average Bonchev–Trinajstić information content (AvgIpc) is 3.23. The van der Waals surface area contributed by atoms with Crippen LogP contribution in [0.25, 0.3) is 0 Å². The van der Waals surface area contributed by atoms with Gasteiger partial charge in [-0.1, -0.05) is 12.1 Å². The number of rotatable bonds is 8. The van der Waals surface area contributed by atoms with Crippen LogP contribution >= 0.6 is 22.7 Å². The molecule has 0 aromatic carbocycles. The smallest absolute Gasteiger partial charge is 0.156 e. The Morgan fingerprint density at radius 2 is 1.82 bits per heavy atom. The van der Waals surface area contributed by atoms with Gasteiger partial charge in [0.05, 0.1) is 13.2 Å². The fourth-order valence-corrected chi connectivity index (χ4v) is 3.86. The summed E-state index contributed by atoms with van der Waals surface area (Å²) < 4.78 is 1.86. The summed E-state index contributed by atoms with van der Waals surface area (Å²) in [6.45, 7) is 0.617. The van der Waals surface area contributed by atoms with E-state index in [1.165, 1.54) is 9.75 Å². The van der Waals surface area contributed by atoms with E-state index in [-0.39, 0.29) is 6.61 Å². The quantitative estimate of drug-likeness (QED) is 0.689. The SMILES string of the molecule is OCCn1nc(Cc2cccs2)nc1CCCc1cccs1. The molecule has 3 aromatic heterocycles. The number of aryl methyl sites for hydroxylation is 2. The Bertz CT molecular complexity index is 674. The number of aliphatic hydroxyl groups is 1. The molecule has 0 saturated carbocycles. The average molecular weight is 333 g/mol. The Balaban J connectivity index is 1.64. The Kier molecular flexibility index (Phi) is 5.37. The van der Waals surface area contributed by atoms with E-state index < -0.39 is 0 Å². The van der Waals surface area contributed by atoms with E-state index in [1.807, 2.05) is 10.7 Å². The molecule has 0 bridgehead atoms. The van der Waals surface area contributed by atoms with Crippen molar-refractivity contribution in [2.45, 2.75) is 32.2 Å². The first kappa shape index (κ1) is 15.4. The van der Waals surface area contributed by atoms with Crippen LogP contribution < -0.4 is 0 Å². The Morgan fingerprint density at radius 3 is 2.50 bits per heavy atom. The van der Waals surface area contributed by atoms with Crippen LogP contribution in [0.3, 0.4) is 0 Å². The molecule has 0 aliphatic heterocycles. The Hall–Kier alpha value is -1.50. The highest BCUT2D eigenvalue weighted by Crippen LogP contribution is 2.15. The van der Waals surface area contributed by atoms with Gasteiger partial charge >= 0.3 is 0 Å². The van der Waals surface area contributed by atoms with Crippen LogP contribution in [0.4, 0.5) is 0 Å². The number of aliphatic hydroxyl groups excluding tert-OH is 1. The second kappa shape index (κ2) is 7.67. The summed E-state index contributed by atoms with van der Waals surface area (Å²) in [7, 11) is 0. The number of hydrogen-bond acceptors (Lipinski definition) is 5. The predicted octanol–water partition coefficient (Wildman–Crippen LogP) is 3.16. The van der Waals surface area contributed by atoms with Gasteiger partial charge in [-0.05, 0) is 35.7 Å². The molecule has 0 aliphatic rings. The third-order valence-corrected chi connectivity index (χ3v) is 5.23. The van der Waals surface area contributed by atoms with E-state index in [4.69, 9.17) is 0 Å². The molecule has 0 atom stereocenters. The van der Waals surface area contributed by atoms with Crippen molar-refractivity contribution in [1.29, 1.82) is 0 Å². The summed E-state index contributed by atoms with van der Waals surface area (Å²) in [6.07, 6.45) is 3.80. The molecule has 1 N–H and O–H groups in total. The molecule has 0 saturated heterocycles. The fourth-order valence-electron chi connectivity index (χ4n) is 2.40. The second-order valence-corrected chi connectivity index (χ2v) is 7.14. The van der Waals surface area contributed by atoms with Crippen molar-refractivity contribution in [3.05, 3.63) is 56.4 Å². The first-order chi connectivity index (χ1) is 10.8. The normalized spacial score (nSPS) is 11.1. The van der Waals surface area contributed by atoms with Gasteiger partial charge in [-0.15, -0.1) is 22.7 Å². The number of aromatic nitrogens is 3. The van der Waals surface area contributed by atoms with E-state index in [0.29, 0.717) is 6.54 Å². The van der Waals surface area contributed by atoms with Crippen LogP contribution in [0, 0.1) is 0 Å². The van der Waals surface area contributed by atoms with Crippen LogP contribution in [0.1, 0.15) is 27.8 Å². The van der Waals surface area contributed by atoms with Crippen molar-refractivity contribution in [2.24, 2.45) is 0 Å². The second-order valence-electron chi connectivity index (χ2n) is 5.08. The Morgan fingerprint density at radius 1 is 1.05 bits per heavy atom. The van der Waals surface area contributed by atoms with Crippen LogP contribution in [0.5, 0.6) is 0 Å². The van der Waals surface area contributed by atoms with Gasteiger partial charge < -0.3 is 5.11 Å². The lowest BCUT2D eigenvalue weighted by Gasteiger charge is -2.03. The van der Waals surface area contributed by atoms with E-state index in [1.54, 1.807) is 22.7 Å². The summed E-state index contributed by atoms with van der Waals surface area (Å²) >= 11 is 3.52. The van der Waals surface area contributed by atoms with Crippen LogP contribution in [-0.4, -0.2) is 26.5 Å². The number of thiophene rings is 2. The van der Waals surface area contributed by atoms with Crippen LogP contribution in [0.2, 0.25) is 0 Å². The topological polar surface area (TPSA) is 50.9 Å². The molecule has 6 heteroatoms.